The van der Waals surface area contributed by atoms with E-state index in [0.29, 0.717) is 31.2 Å². The molecule has 41 heavy (non-hydrogen) atoms. The first-order valence-electron chi connectivity index (χ1n) is 15.2. The number of carbonyl (C=O) groups excluding carboxylic acids is 1. The SMILES string of the molecule is Cc1nc2ccccc2n1C1C[C@H]2CC[C@@H](C1)N2CCC1(c2ccccc2)CCN(C(=O)c2cccnc2F)CC1. The Hall–Kier alpha value is -3.58. The molecule has 3 aliphatic heterocycles. The molecule has 3 aliphatic rings. The van der Waals surface area contributed by atoms with Crippen molar-refractivity contribution in [1.82, 2.24) is 24.3 Å². The van der Waals surface area contributed by atoms with Crippen molar-refractivity contribution in [2.45, 2.75) is 75.4 Å². The molecule has 2 bridgehead atoms. The summed E-state index contributed by atoms with van der Waals surface area (Å²) in [5.74, 6) is 0.189. The molecule has 2 aromatic heterocycles. The van der Waals surface area contributed by atoms with Gasteiger partial charge in [-0.1, -0.05) is 42.5 Å². The Bertz CT molecular complexity index is 1530. The Labute approximate surface area is 241 Å². The first-order chi connectivity index (χ1) is 20.0. The highest BCUT2D eigenvalue weighted by Crippen LogP contribution is 2.45. The summed E-state index contributed by atoms with van der Waals surface area (Å²) >= 11 is 0. The van der Waals surface area contributed by atoms with Crippen LogP contribution in [0.2, 0.25) is 0 Å². The normalized spacial score (nSPS) is 24.1. The Balaban J connectivity index is 1.07. The number of amides is 1. The number of benzene rings is 2. The Morgan fingerprint density at radius 2 is 1.63 bits per heavy atom. The first-order valence-corrected chi connectivity index (χ1v) is 15.2. The number of imidazole rings is 1. The molecule has 6 nitrogen and oxygen atoms in total. The number of hydrogen-bond donors (Lipinski definition) is 0. The number of halogens is 1. The summed E-state index contributed by atoms with van der Waals surface area (Å²) in [6, 6.07) is 24.3. The van der Waals surface area contributed by atoms with Gasteiger partial charge in [-0.15, -0.1) is 0 Å². The fourth-order valence-corrected chi connectivity index (χ4v) is 8.12. The highest BCUT2D eigenvalue weighted by molar-refractivity contribution is 5.94. The molecule has 212 valence electrons. The highest BCUT2D eigenvalue weighted by Gasteiger charge is 2.44. The molecule has 5 heterocycles. The second kappa shape index (κ2) is 10.7. The van der Waals surface area contributed by atoms with Crippen LogP contribution in [0, 0.1) is 12.9 Å². The van der Waals surface area contributed by atoms with Crippen LogP contribution in [-0.4, -0.2) is 62.0 Å². The van der Waals surface area contributed by atoms with Crippen molar-refractivity contribution in [2.75, 3.05) is 19.6 Å². The number of hydrogen-bond acceptors (Lipinski definition) is 4. The van der Waals surface area contributed by atoms with Gasteiger partial charge in [0.1, 0.15) is 5.82 Å². The lowest BCUT2D eigenvalue weighted by Gasteiger charge is -2.45. The van der Waals surface area contributed by atoms with Crippen LogP contribution in [-0.2, 0) is 5.41 Å². The van der Waals surface area contributed by atoms with Crippen LogP contribution in [0.15, 0.2) is 72.9 Å². The first kappa shape index (κ1) is 26.3. The van der Waals surface area contributed by atoms with Crippen LogP contribution < -0.4 is 0 Å². The lowest BCUT2D eigenvalue weighted by molar-refractivity contribution is 0.0602. The number of carbonyl (C=O) groups is 1. The largest absolute Gasteiger partial charge is 0.338 e. The van der Waals surface area contributed by atoms with E-state index in [1.165, 1.54) is 49.0 Å². The average molecular weight is 552 g/mol. The molecule has 0 saturated carbocycles. The summed E-state index contributed by atoms with van der Waals surface area (Å²) in [7, 11) is 0. The third-order valence-electron chi connectivity index (χ3n) is 10.2. The Kier molecular flexibility index (Phi) is 6.86. The number of nitrogens with zero attached hydrogens (tertiary/aromatic N) is 5. The maximum atomic E-state index is 14.3. The van der Waals surface area contributed by atoms with E-state index in [0.717, 1.165) is 37.1 Å². The summed E-state index contributed by atoms with van der Waals surface area (Å²) in [5, 5.41) is 0. The zero-order valence-corrected chi connectivity index (χ0v) is 23.8. The van der Waals surface area contributed by atoms with Crippen LogP contribution >= 0.6 is 0 Å². The zero-order chi connectivity index (χ0) is 28.0. The second-order valence-corrected chi connectivity index (χ2v) is 12.3. The molecule has 3 atom stereocenters. The number of para-hydroxylation sites is 2. The number of pyridine rings is 1. The van der Waals surface area contributed by atoms with Crippen molar-refractivity contribution in [1.29, 1.82) is 0 Å². The topological polar surface area (TPSA) is 54.3 Å². The fraction of sp³-hybridized carbons (Fsp3) is 0.441. The van der Waals surface area contributed by atoms with Gasteiger partial charge < -0.3 is 9.47 Å². The minimum Gasteiger partial charge on any atom is -0.338 e. The van der Waals surface area contributed by atoms with Gasteiger partial charge in [-0.05, 0) is 93.7 Å². The molecule has 4 aromatic rings. The monoisotopic (exact) mass is 551 g/mol. The molecule has 1 amide bonds. The van der Waals surface area contributed by atoms with Crippen LogP contribution in [0.1, 0.15) is 72.7 Å². The smallest absolute Gasteiger partial charge is 0.258 e. The van der Waals surface area contributed by atoms with Crippen molar-refractivity contribution in [2.24, 2.45) is 0 Å². The molecule has 0 spiro atoms. The summed E-state index contributed by atoms with van der Waals surface area (Å²) in [5.41, 5.74) is 3.81. The summed E-state index contributed by atoms with van der Waals surface area (Å²) < 4.78 is 16.8. The van der Waals surface area contributed by atoms with Crippen molar-refractivity contribution in [3.05, 3.63) is 95.8 Å². The second-order valence-electron chi connectivity index (χ2n) is 12.3. The number of likely N-dealkylation sites (tertiary alicyclic amines) is 1. The predicted octanol–water partition coefficient (Wildman–Crippen LogP) is 6.31. The Morgan fingerprint density at radius 3 is 2.37 bits per heavy atom. The minimum absolute atomic E-state index is 0.0128. The maximum absolute atomic E-state index is 14.3. The van der Waals surface area contributed by atoms with Crippen molar-refractivity contribution >= 4 is 16.9 Å². The number of aryl methyl sites for hydroxylation is 1. The zero-order valence-electron chi connectivity index (χ0n) is 23.8. The number of piperidine rings is 2. The van der Waals surface area contributed by atoms with Gasteiger partial charge in [-0.2, -0.15) is 4.39 Å². The van der Waals surface area contributed by atoms with E-state index in [1.807, 2.05) is 4.90 Å². The van der Waals surface area contributed by atoms with Crippen LogP contribution in [0.25, 0.3) is 11.0 Å². The van der Waals surface area contributed by atoms with Gasteiger partial charge in [-0.25, -0.2) is 9.97 Å². The molecule has 3 fully saturated rings. The van der Waals surface area contributed by atoms with Crippen LogP contribution in [0.5, 0.6) is 0 Å². The van der Waals surface area contributed by atoms with Crippen molar-refractivity contribution in [3.8, 4) is 0 Å². The summed E-state index contributed by atoms with van der Waals surface area (Å²) in [6.45, 7) is 4.48. The van der Waals surface area contributed by atoms with E-state index < -0.39 is 5.95 Å². The lowest BCUT2D eigenvalue weighted by Crippen LogP contribution is -2.49. The molecule has 7 rings (SSSR count). The van der Waals surface area contributed by atoms with E-state index in [2.05, 4.69) is 76.0 Å². The number of aromatic nitrogens is 3. The van der Waals surface area contributed by atoms with Crippen molar-refractivity contribution in [3.63, 3.8) is 0 Å². The van der Waals surface area contributed by atoms with Crippen LogP contribution in [0.4, 0.5) is 4.39 Å². The summed E-state index contributed by atoms with van der Waals surface area (Å²) in [6.07, 6.45) is 9.12. The molecule has 2 aromatic carbocycles. The molecule has 0 radical (unpaired) electrons. The molecule has 0 aliphatic carbocycles. The maximum Gasteiger partial charge on any atom is 0.258 e. The minimum atomic E-state index is -0.685. The summed E-state index contributed by atoms with van der Waals surface area (Å²) in [4.78, 5) is 26.3. The quantitative estimate of drug-likeness (QED) is 0.264. The van der Waals surface area contributed by atoms with E-state index >= 15 is 0 Å². The van der Waals surface area contributed by atoms with Gasteiger partial charge in [0, 0.05) is 37.4 Å². The van der Waals surface area contributed by atoms with Gasteiger partial charge in [0.05, 0.1) is 16.6 Å². The van der Waals surface area contributed by atoms with Gasteiger partial charge in [-0.3, -0.25) is 9.69 Å². The molecular formula is C34H38FN5O. The third-order valence-corrected chi connectivity index (χ3v) is 10.2. The van der Waals surface area contributed by atoms with Crippen LogP contribution in [0.3, 0.4) is 0 Å². The van der Waals surface area contributed by atoms with Gasteiger partial charge in [0.2, 0.25) is 5.95 Å². The molecule has 0 N–H and O–H groups in total. The van der Waals surface area contributed by atoms with E-state index in [9.17, 15) is 9.18 Å². The molecule has 1 unspecified atom stereocenters. The fourth-order valence-electron chi connectivity index (χ4n) is 8.12. The van der Waals surface area contributed by atoms with Crippen molar-refractivity contribution < 1.29 is 9.18 Å². The predicted molar refractivity (Wildman–Crippen MR) is 158 cm³/mol. The molecule has 3 saturated heterocycles. The van der Waals surface area contributed by atoms with Gasteiger partial charge >= 0.3 is 0 Å². The third kappa shape index (κ3) is 4.74. The lowest BCUT2D eigenvalue weighted by atomic mass is 9.70. The van der Waals surface area contributed by atoms with E-state index in [-0.39, 0.29) is 16.9 Å². The number of rotatable bonds is 6. The average Bonchev–Trinajstić information content (AvgIpc) is 3.47. The van der Waals surface area contributed by atoms with E-state index in [1.54, 1.807) is 6.07 Å². The number of fused-ring (bicyclic) bond motifs is 3. The molecular weight excluding hydrogens is 513 g/mol. The Morgan fingerprint density at radius 1 is 0.927 bits per heavy atom. The highest BCUT2D eigenvalue weighted by atomic mass is 19.1. The van der Waals surface area contributed by atoms with E-state index in [4.69, 9.17) is 4.98 Å². The van der Waals surface area contributed by atoms with Gasteiger partial charge in [0.25, 0.3) is 5.91 Å². The van der Waals surface area contributed by atoms with Gasteiger partial charge in [0.15, 0.2) is 0 Å². The standard InChI is InChI=1S/C34H38FN5O/c1-24-37-30-11-5-6-12-31(30)40(24)28-22-26-13-14-27(23-28)39(26)21-17-34(25-8-3-2-4-9-25)15-19-38(20-16-34)33(41)29-10-7-18-36-32(29)35/h2-12,18,26-28H,13-17,19-23H2,1H3/t26-,27+,28?. The molecule has 7 heteroatoms.